The van der Waals surface area contributed by atoms with Gasteiger partial charge in [-0.3, -0.25) is 4.79 Å². The highest BCUT2D eigenvalue weighted by Gasteiger charge is 2.35. The van der Waals surface area contributed by atoms with E-state index in [4.69, 9.17) is 9.72 Å². The predicted molar refractivity (Wildman–Crippen MR) is 157 cm³/mol. The van der Waals surface area contributed by atoms with Crippen molar-refractivity contribution in [2.75, 3.05) is 17.2 Å². The van der Waals surface area contributed by atoms with Gasteiger partial charge in [0.05, 0.1) is 16.6 Å². The number of carbonyl (C=O) groups is 1. The van der Waals surface area contributed by atoms with Crippen molar-refractivity contribution in [2.24, 2.45) is 5.41 Å². The second-order valence-corrected chi connectivity index (χ2v) is 11.8. The third-order valence-corrected chi connectivity index (χ3v) is 7.34. The highest BCUT2D eigenvalue weighted by Crippen LogP contribution is 2.45. The molecule has 3 aromatic carbocycles. The summed E-state index contributed by atoms with van der Waals surface area (Å²) in [5, 5.41) is 5.49. The number of anilines is 3. The number of halogens is 7. The first-order valence-corrected chi connectivity index (χ1v) is 14.1. The minimum Gasteiger partial charge on any atom is -0.484 e. The first-order chi connectivity index (χ1) is 21.5. The Bertz CT molecular complexity index is 1760. The molecule has 1 aromatic heterocycles. The zero-order valence-corrected chi connectivity index (χ0v) is 24.7. The summed E-state index contributed by atoms with van der Waals surface area (Å²) in [7, 11) is 0. The number of hydrogen-bond donors (Lipinski definition) is 2. The number of nitrogens with zero attached hydrogens (tertiary/aromatic N) is 2. The zero-order chi connectivity index (χ0) is 33.4. The molecule has 46 heavy (non-hydrogen) atoms. The number of hydrogen-bond acceptors (Lipinski definition) is 5. The molecule has 0 bridgehead atoms. The van der Waals surface area contributed by atoms with Crippen molar-refractivity contribution in [3.8, 4) is 11.5 Å². The number of carbonyl (C=O) groups excluding carboxylic acids is 1. The molecule has 1 atom stereocenters. The van der Waals surface area contributed by atoms with E-state index < -0.39 is 36.4 Å². The van der Waals surface area contributed by atoms with Crippen molar-refractivity contribution in [2.45, 2.75) is 51.7 Å². The number of nitrogens with one attached hydrogen (secondary N) is 2. The molecule has 2 N–H and O–H groups in total. The van der Waals surface area contributed by atoms with Crippen LogP contribution in [-0.2, 0) is 11.0 Å². The molecule has 0 spiro atoms. The second-order valence-electron chi connectivity index (χ2n) is 11.8. The van der Waals surface area contributed by atoms with Gasteiger partial charge in [0.15, 0.2) is 6.61 Å². The van der Waals surface area contributed by atoms with Gasteiger partial charge in [0.1, 0.15) is 17.3 Å². The molecule has 0 radical (unpaired) electrons. The molecule has 1 saturated carbocycles. The number of fused-ring (bicyclic) bond motifs is 1. The highest BCUT2D eigenvalue weighted by molar-refractivity contribution is 5.92. The van der Waals surface area contributed by atoms with Crippen molar-refractivity contribution in [1.29, 1.82) is 0 Å². The highest BCUT2D eigenvalue weighted by atomic mass is 19.4. The average Bonchev–Trinajstić information content (AvgIpc) is 3.27. The maximum atomic E-state index is 13.9. The van der Waals surface area contributed by atoms with Gasteiger partial charge in [0, 0.05) is 23.5 Å². The van der Waals surface area contributed by atoms with Crippen LogP contribution in [0.15, 0.2) is 72.8 Å². The van der Waals surface area contributed by atoms with Gasteiger partial charge in [-0.1, -0.05) is 26.0 Å². The molecule has 244 valence electrons. The first-order valence-electron chi connectivity index (χ1n) is 14.1. The quantitative estimate of drug-likeness (QED) is 0.147. The lowest BCUT2D eigenvalue weighted by molar-refractivity contribution is -0.274. The van der Waals surface area contributed by atoms with Gasteiger partial charge < -0.3 is 24.7 Å². The van der Waals surface area contributed by atoms with E-state index in [9.17, 15) is 35.5 Å². The lowest BCUT2D eigenvalue weighted by Gasteiger charge is -2.38. The monoisotopic (exact) mass is 650 g/mol. The Morgan fingerprint density at radius 3 is 2.30 bits per heavy atom. The van der Waals surface area contributed by atoms with Crippen LogP contribution in [0.4, 0.5) is 48.1 Å². The number of aromatic nitrogens is 2. The van der Waals surface area contributed by atoms with Gasteiger partial charge in [-0.2, -0.15) is 13.2 Å². The number of imidazole rings is 1. The first kappa shape index (κ1) is 32.6. The van der Waals surface area contributed by atoms with E-state index in [1.165, 1.54) is 24.3 Å². The lowest BCUT2D eigenvalue weighted by atomic mass is 9.73. The van der Waals surface area contributed by atoms with Gasteiger partial charge in [0.25, 0.3) is 5.91 Å². The molecule has 1 amide bonds. The summed E-state index contributed by atoms with van der Waals surface area (Å²) in [4.78, 5) is 17.1. The summed E-state index contributed by atoms with van der Waals surface area (Å²) in [6.45, 7) is 7.98. The minimum atomic E-state index is -4.87. The third-order valence-electron chi connectivity index (χ3n) is 7.34. The summed E-state index contributed by atoms with van der Waals surface area (Å²) in [6.07, 6.45) is -7.34. The Balaban J connectivity index is 1.37. The van der Waals surface area contributed by atoms with Gasteiger partial charge in [-0.25, -0.2) is 9.37 Å². The summed E-state index contributed by atoms with van der Waals surface area (Å²) in [5.41, 5.74) is 1.10. The van der Waals surface area contributed by atoms with Crippen LogP contribution in [0.2, 0.25) is 0 Å². The molecule has 4 aromatic rings. The van der Waals surface area contributed by atoms with Crippen molar-refractivity contribution in [1.82, 2.24) is 9.55 Å². The lowest BCUT2D eigenvalue weighted by Crippen LogP contribution is -2.26. The topological polar surface area (TPSA) is 77.4 Å². The number of amides is 1. The van der Waals surface area contributed by atoms with Crippen LogP contribution in [0.1, 0.15) is 44.7 Å². The summed E-state index contributed by atoms with van der Waals surface area (Å²) in [5.74, 6) is -1.93. The van der Waals surface area contributed by atoms with Crippen molar-refractivity contribution < 1.29 is 45.0 Å². The van der Waals surface area contributed by atoms with Crippen LogP contribution in [0.3, 0.4) is 0 Å². The van der Waals surface area contributed by atoms with Crippen LogP contribution in [0.25, 0.3) is 11.0 Å². The van der Waals surface area contributed by atoms with Crippen molar-refractivity contribution in [3.63, 3.8) is 0 Å². The second kappa shape index (κ2) is 12.2. The van der Waals surface area contributed by atoms with Crippen molar-refractivity contribution in [3.05, 3.63) is 84.2 Å². The molecule has 5 rings (SSSR count). The summed E-state index contributed by atoms with van der Waals surface area (Å²) in [6, 6.07) is 12.2. The van der Waals surface area contributed by atoms with E-state index in [2.05, 4.69) is 35.8 Å². The number of alkyl halides is 6. The Morgan fingerprint density at radius 2 is 1.67 bits per heavy atom. The largest absolute Gasteiger partial charge is 0.573 e. The Labute approximate surface area is 259 Å². The number of benzene rings is 3. The number of rotatable bonds is 8. The molecule has 1 aliphatic rings. The van der Waals surface area contributed by atoms with Crippen LogP contribution in [-0.4, -0.2) is 28.4 Å². The average molecular weight is 651 g/mol. The number of allylic oxidation sites excluding steroid dienone is 1. The smallest absolute Gasteiger partial charge is 0.484 e. The molecular weight excluding hydrogens is 621 g/mol. The summed E-state index contributed by atoms with van der Waals surface area (Å²) >= 11 is 0. The number of ether oxygens (including phenoxy) is 2. The van der Waals surface area contributed by atoms with E-state index in [-0.39, 0.29) is 28.6 Å². The molecular formula is C32H29F7N4O3. The van der Waals surface area contributed by atoms with E-state index in [1.54, 1.807) is 18.2 Å². The van der Waals surface area contributed by atoms with Gasteiger partial charge in [-0.15, -0.1) is 13.2 Å². The van der Waals surface area contributed by atoms with E-state index in [0.29, 0.717) is 35.7 Å². The van der Waals surface area contributed by atoms with E-state index >= 15 is 0 Å². The molecule has 0 saturated heterocycles. The van der Waals surface area contributed by atoms with Gasteiger partial charge in [0.2, 0.25) is 5.95 Å². The minimum absolute atomic E-state index is 0.0433. The van der Waals surface area contributed by atoms with E-state index in [1.807, 2.05) is 4.57 Å². The molecule has 1 heterocycles. The Morgan fingerprint density at radius 1 is 1.00 bits per heavy atom. The van der Waals surface area contributed by atoms with Crippen LogP contribution >= 0.6 is 0 Å². The van der Waals surface area contributed by atoms with Gasteiger partial charge in [-0.05, 0) is 79.3 Å². The molecule has 0 unspecified atom stereocenters. The third kappa shape index (κ3) is 7.90. The molecule has 1 aliphatic carbocycles. The maximum Gasteiger partial charge on any atom is 0.573 e. The maximum absolute atomic E-state index is 13.9. The fourth-order valence-electron chi connectivity index (χ4n) is 5.71. The van der Waals surface area contributed by atoms with E-state index in [0.717, 1.165) is 30.0 Å². The SMILES string of the molecule is C=C1C[C@H](n2c(Nc3ccc(OC(F)(F)F)cc3)nc3cc(OCC(=O)Nc4ccc(C(F)(F)F)c(F)c4)ccc32)CC(C)(C)C1. The molecule has 1 fully saturated rings. The predicted octanol–water partition coefficient (Wildman–Crippen LogP) is 9.16. The molecule has 14 heteroatoms. The van der Waals surface area contributed by atoms with Crippen LogP contribution in [0, 0.1) is 11.2 Å². The molecule has 7 nitrogen and oxygen atoms in total. The normalized spacial score (nSPS) is 16.7. The summed E-state index contributed by atoms with van der Waals surface area (Å²) < 4.78 is 102. The fourth-order valence-corrected chi connectivity index (χ4v) is 5.71. The van der Waals surface area contributed by atoms with Gasteiger partial charge >= 0.3 is 12.5 Å². The van der Waals surface area contributed by atoms with Crippen molar-refractivity contribution >= 4 is 34.3 Å². The zero-order valence-electron chi connectivity index (χ0n) is 24.7. The Hall–Kier alpha value is -4.75. The molecule has 0 aliphatic heterocycles. The standard InChI is InChI=1S/C32H29F7N4O3/c1-18-12-21(16-30(2,3)15-18)43-27-11-9-23(45-17-28(44)40-20-6-10-24(25(33)13-20)31(34,35)36)14-26(27)42-29(43)41-19-4-7-22(8-5-19)46-32(37,38)39/h4-11,13-14,21H,1,12,15-17H2,2-3H3,(H,40,44)(H,41,42)/t21-/m0/s1. The van der Waals surface area contributed by atoms with Crippen LogP contribution < -0.4 is 20.1 Å². The Kier molecular flexibility index (Phi) is 8.67. The van der Waals surface area contributed by atoms with Crippen LogP contribution in [0.5, 0.6) is 11.5 Å². The fraction of sp³-hybridized carbons (Fsp3) is 0.312.